The zero-order valence-electron chi connectivity index (χ0n) is 13.4. The van der Waals surface area contributed by atoms with E-state index in [9.17, 15) is 9.90 Å². The maximum absolute atomic E-state index is 11.9. The molecule has 2 atom stereocenters. The van der Waals surface area contributed by atoms with Gasteiger partial charge in [0.15, 0.2) is 0 Å². The van der Waals surface area contributed by atoms with Crippen molar-refractivity contribution in [3.8, 4) is 11.4 Å². The number of aryl methyl sites for hydroxylation is 1. The smallest absolute Gasteiger partial charge is 0.227 e. The topological polar surface area (TPSA) is 100 Å². The Bertz CT molecular complexity index is 693. The minimum atomic E-state index is -0.400. The van der Waals surface area contributed by atoms with Crippen molar-refractivity contribution >= 4 is 29.9 Å². The van der Waals surface area contributed by atoms with Gasteiger partial charge >= 0.3 is 0 Å². The molecule has 2 heterocycles. The first kappa shape index (κ1) is 19.7. The zero-order valence-corrected chi connectivity index (χ0v) is 15.0. The lowest BCUT2D eigenvalue weighted by Crippen LogP contribution is -2.34. The summed E-state index contributed by atoms with van der Waals surface area (Å²) in [4.78, 5) is 16.2. The van der Waals surface area contributed by atoms with E-state index in [4.69, 9.17) is 16.1 Å². The van der Waals surface area contributed by atoms with Crippen LogP contribution in [0.2, 0.25) is 5.02 Å². The van der Waals surface area contributed by atoms with E-state index < -0.39 is 6.10 Å². The molecular weight excluding hydrogens is 367 g/mol. The molecule has 3 rings (SSSR count). The standard InChI is InChI=1S/C16H19ClN4O3.ClH/c17-12-3-1-10(2-4-12)16-20-15(24-21-16)6-5-14(23)19-8-11-7-18-9-13(11)22;/h1-4,11,13,18,22H,5-9H2,(H,19,23);1H. The van der Waals surface area contributed by atoms with Crippen LogP contribution in [0.4, 0.5) is 0 Å². The lowest BCUT2D eigenvalue weighted by Gasteiger charge is -2.13. The van der Waals surface area contributed by atoms with Crippen molar-refractivity contribution in [1.82, 2.24) is 20.8 Å². The highest BCUT2D eigenvalue weighted by Gasteiger charge is 2.25. The van der Waals surface area contributed by atoms with Crippen molar-refractivity contribution < 1.29 is 14.4 Å². The van der Waals surface area contributed by atoms with Gasteiger partial charge < -0.3 is 20.3 Å². The van der Waals surface area contributed by atoms with E-state index in [2.05, 4.69) is 20.8 Å². The summed E-state index contributed by atoms with van der Waals surface area (Å²) in [7, 11) is 0. The number of carbonyl (C=O) groups is 1. The Balaban J connectivity index is 0.00000225. The van der Waals surface area contributed by atoms with E-state index in [-0.39, 0.29) is 30.7 Å². The number of amides is 1. The summed E-state index contributed by atoms with van der Waals surface area (Å²) in [5, 5.41) is 20.1. The van der Waals surface area contributed by atoms with Gasteiger partial charge in [0.25, 0.3) is 0 Å². The number of aliphatic hydroxyl groups is 1. The van der Waals surface area contributed by atoms with E-state index >= 15 is 0 Å². The molecule has 0 spiro atoms. The van der Waals surface area contributed by atoms with E-state index in [1.54, 1.807) is 12.1 Å². The minimum absolute atomic E-state index is 0. The Morgan fingerprint density at radius 1 is 1.36 bits per heavy atom. The Morgan fingerprint density at radius 3 is 2.80 bits per heavy atom. The van der Waals surface area contributed by atoms with E-state index in [0.717, 1.165) is 12.1 Å². The lowest BCUT2D eigenvalue weighted by molar-refractivity contribution is -0.121. The summed E-state index contributed by atoms with van der Waals surface area (Å²) in [5.41, 5.74) is 0.807. The third-order valence-electron chi connectivity index (χ3n) is 4.00. The zero-order chi connectivity index (χ0) is 16.9. The molecule has 1 saturated heterocycles. The van der Waals surface area contributed by atoms with Crippen LogP contribution in [0.1, 0.15) is 12.3 Å². The average Bonchev–Trinajstić information content (AvgIpc) is 3.21. The number of rotatable bonds is 6. The summed E-state index contributed by atoms with van der Waals surface area (Å²) in [6, 6.07) is 7.13. The number of β-amino-alcohol motifs (C(OH)–C–C–N with tert-alkyl or cyclic N) is 1. The van der Waals surface area contributed by atoms with E-state index in [0.29, 0.717) is 36.2 Å². The highest BCUT2D eigenvalue weighted by Crippen LogP contribution is 2.19. The van der Waals surface area contributed by atoms with Crippen LogP contribution >= 0.6 is 24.0 Å². The molecule has 25 heavy (non-hydrogen) atoms. The third kappa shape index (κ3) is 5.40. The molecule has 1 amide bonds. The molecule has 1 aliphatic rings. The molecule has 1 fully saturated rings. The van der Waals surface area contributed by atoms with Crippen molar-refractivity contribution in [3.05, 3.63) is 35.2 Å². The monoisotopic (exact) mass is 386 g/mol. The van der Waals surface area contributed by atoms with Gasteiger partial charge in [0.05, 0.1) is 6.10 Å². The van der Waals surface area contributed by atoms with Gasteiger partial charge in [-0.05, 0) is 24.3 Å². The van der Waals surface area contributed by atoms with Gasteiger partial charge in [-0.1, -0.05) is 16.8 Å². The second kappa shape index (κ2) is 9.15. The summed E-state index contributed by atoms with van der Waals surface area (Å²) in [6.45, 7) is 1.76. The molecule has 2 unspecified atom stereocenters. The SMILES string of the molecule is Cl.O=C(CCc1nc(-c2ccc(Cl)cc2)no1)NCC1CNCC1O. The van der Waals surface area contributed by atoms with Crippen LogP contribution < -0.4 is 10.6 Å². The van der Waals surface area contributed by atoms with E-state index in [1.807, 2.05) is 12.1 Å². The first-order valence-corrected chi connectivity index (χ1v) is 8.23. The van der Waals surface area contributed by atoms with Crippen molar-refractivity contribution in [2.24, 2.45) is 5.92 Å². The molecule has 2 aromatic rings. The van der Waals surface area contributed by atoms with Crippen LogP contribution in [0, 0.1) is 5.92 Å². The maximum atomic E-state index is 11.9. The molecule has 136 valence electrons. The van der Waals surface area contributed by atoms with Crippen LogP contribution in [0.15, 0.2) is 28.8 Å². The highest BCUT2D eigenvalue weighted by molar-refractivity contribution is 6.30. The lowest BCUT2D eigenvalue weighted by atomic mass is 10.1. The number of nitrogens with one attached hydrogen (secondary N) is 2. The molecule has 7 nitrogen and oxygen atoms in total. The van der Waals surface area contributed by atoms with Gasteiger partial charge in [0.1, 0.15) is 0 Å². The van der Waals surface area contributed by atoms with E-state index in [1.165, 1.54) is 0 Å². The number of aliphatic hydroxyl groups excluding tert-OH is 1. The summed E-state index contributed by atoms with van der Waals surface area (Å²) >= 11 is 5.85. The number of halogens is 2. The predicted molar refractivity (Wildman–Crippen MR) is 95.7 cm³/mol. The molecule has 0 aliphatic carbocycles. The quantitative estimate of drug-likeness (QED) is 0.694. The van der Waals surface area contributed by atoms with Crippen LogP contribution in [-0.2, 0) is 11.2 Å². The molecule has 1 aromatic heterocycles. The van der Waals surface area contributed by atoms with Gasteiger partial charge in [-0.3, -0.25) is 4.79 Å². The van der Waals surface area contributed by atoms with Gasteiger partial charge in [-0.25, -0.2) is 0 Å². The number of aromatic nitrogens is 2. The van der Waals surface area contributed by atoms with Gasteiger partial charge in [0.2, 0.25) is 17.6 Å². The Hall–Kier alpha value is -1.67. The summed E-state index contributed by atoms with van der Waals surface area (Å²) in [6.07, 6.45) is 0.235. The molecule has 0 saturated carbocycles. The van der Waals surface area contributed by atoms with Crippen LogP contribution in [0.3, 0.4) is 0 Å². The molecule has 3 N–H and O–H groups in total. The molecule has 0 bridgehead atoms. The Kier molecular flexibility index (Phi) is 7.19. The third-order valence-corrected chi connectivity index (χ3v) is 4.25. The average molecular weight is 387 g/mol. The van der Waals surface area contributed by atoms with Crippen molar-refractivity contribution in [2.45, 2.75) is 18.9 Å². The minimum Gasteiger partial charge on any atom is -0.391 e. The molecule has 1 aromatic carbocycles. The Labute approximate surface area is 156 Å². The van der Waals surface area contributed by atoms with Crippen molar-refractivity contribution in [2.75, 3.05) is 19.6 Å². The van der Waals surface area contributed by atoms with Gasteiger partial charge in [-0.15, -0.1) is 12.4 Å². The largest absolute Gasteiger partial charge is 0.391 e. The van der Waals surface area contributed by atoms with Crippen LogP contribution in [-0.4, -0.2) is 46.9 Å². The van der Waals surface area contributed by atoms with Crippen molar-refractivity contribution in [1.29, 1.82) is 0 Å². The van der Waals surface area contributed by atoms with Crippen molar-refractivity contribution in [3.63, 3.8) is 0 Å². The molecule has 1 aliphatic heterocycles. The predicted octanol–water partition coefficient (Wildman–Crippen LogP) is 1.44. The number of hydrogen-bond acceptors (Lipinski definition) is 6. The number of benzene rings is 1. The number of nitrogens with zero attached hydrogens (tertiary/aromatic N) is 2. The van der Waals surface area contributed by atoms with Crippen LogP contribution in [0.25, 0.3) is 11.4 Å². The normalized spacial score (nSPS) is 19.4. The molecular formula is C16H20Cl2N4O3. The first-order chi connectivity index (χ1) is 11.6. The van der Waals surface area contributed by atoms with Gasteiger partial charge in [-0.2, -0.15) is 4.98 Å². The second-order valence-electron chi connectivity index (χ2n) is 5.81. The molecule has 9 heteroatoms. The highest BCUT2D eigenvalue weighted by atomic mass is 35.5. The molecule has 0 radical (unpaired) electrons. The fourth-order valence-corrected chi connectivity index (χ4v) is 2.68. The second-order valence-corrected chi connectivity index (χ2v) is 6.24. The number of carbonyl (C=O) groups excluding carboxylic acids is 1. The summed E-state index contributed by atoms with van der Waals surface area (Å²) in [5.74, 6) is 0.856. The Morgan fingerprint density at radius 2 is 2.12 bits per heavy atom. The fraction of sp³-hybridized carbons (Fsp3) is 0.438. The maximum Gasteiger partial charge on any atom is 0.227 e. The first-order valence-electron chi connectivity index (χ1n) is 7.86. The van der Waals surface area contributed by atoms with Crippen LogP contribution in [0.5, 0.6) is 0 Å². The number of hydrogen-bond donors (Lipinski definition) is 3. The van der Waals surface area contributed by atoms with Gasteiger partial charge in [0, 0.05) is 49.0 Å². The fourth-order valence-electron chi connectivity index (χ4n) is 2.55. The summed E-state index contributed by atoms with van der Waals surface area (Å²) < 4.78 is 5.17.